The second-order valence-electron chi connectivity index (χ2n) is 5.11. The van der Waals surface area contributed by atoms with Gasteiger partial charge in [0.2, 0.25) is 0 Å². The third kappa shape index (κ3) is 2.84. The molecule has 1 N–H and O–H groups in total. The lowest BCUT2D eigenvalue weighted by Gasteiger charge is -2.11. The van der Waals surface area contributed by atoms with Crippen molar-refractivity contribution in [1.29, 1.82) is 0 Å². The van der Waals surface area contributed by atoms with Crippen LogP contribution in [0, 0.1) is 4.77 Å². The first kappa shape index (κ1) is 13.9. The van der Waals surface area contributed by atoms with Crippen LogP contribution >= 0.6 is 23.6 Å². The zero-order chi connectivity index (χ0) is 13.9. The van der Waals surface area contributed by atoms with Crippen LogP contribution in [-0.4, -0.2) is 37.7 Å². The van der Waals surface area contributed by atoms with Crippen molar-refractivity contribution >= 4 is 23.6 Å². The highest BCUT2D eigenvalue weighted by Crippen LogP contribution is 2.22. The normalized spacial score (nSPS) is 16.1. The van der Waals surface area contributed by atoms with Gasteiger partial charge < -0.3 is 0 Å². The summed E-state index contributed by atoms with van der Waals surface area (Å²) in [5.74, 6) is 0.862. The molecule has 0 radical (unpaired) electrons. The number of hydrogen-bond acceptors (Lipinski definition) is 5. The molecule has 1 aliphatic rings. The van der Waals surface area contributed by atoms with Crippen molar-refractivity contribution in [3.63, 3.8) is 0 Å². The van der Waals surface area contributed by atoms with E-state index in [0.29, 0.717) is 4.77 Å². The molecule has 0 saturated carbocycles. The molecule has 2 aromatic rings. The molecule has 108 valence electrons. The number of rotatable bonds is 5. The Labute approximate surface area is 127 Å². The summed E-state index contributed by atoms with van der Waals surface area (Å²) < 4.78 is 2.71. The van der Waals surface area contributed by atoms with E-state index in [-0.39, 0.29) is 0 Å². The van der Waals surface area contributed by atoms with Crippen LogP contribution in [0.4, 0.5) is 0 Å². The minimum Gasteiger partial charge on any atom is -0.299 e. The highest BCUT2D eigenvalue weighted by Gasteiger charge is 2.16. The van der Waals surface area contributed by atoms with E-state index in [1.807, 2.05) is 4.57 Å². The van der Waals surface area contributed by atoms with Crippen LogP contribution in [0.2, 0.25) is 0 Å². The van der Waals surface area contributed by atoms with Gasteiger partial charge in [0.25, 0.3) is 0 Å². The van der Waals surface area contributed by atoms with E-state index in [4.69, 9.17) is 17.2 Å². The summed E-state index contributed by atoms with van der Waals surface area (Å²) in [6.07, 6.45) is 3.66. The lowest BCUT2D eigenvalue weighted by atomic mass is 10.4. The van der Waals surface area contributed by atoms with Gasteiger partial charge in [-0.15, -0.1) is 11.3 Å². The van der Waals surface area contributed by atoms with Gasteiger partial charge in [-0.25, -0.2) is 4.98 Å². The lowest BCUT2D eigenvalue weighted by molar-refractivity contribution is 0.331. The van der Waals surface area contributed by atoms with E-state index in [2.05, 4.69) is 27.4 Å². The molecule has 1 fully saturated rings. The summed E-state index contributed by atoms with van der Waals surface area (Å²) in [6, 6.07) is 0. The zero-order valence-electron chi connectivity index (χ0n) is 11.6. The fraction of sp³-hybridized carbons (Fsp3) is 0.615. The Morgan fingerprint density at radius 3 is 2.95 bits per heavy atom. The average Bonchev–Trinajstić information content (AvgIpc) is 3.14. The SMILES string of the molecule is CCCn1c(-c2csc(CN3CCCC3)n2)n[nH]c1=S. The number of nitrogens with zero attached hydrogens (tertiary/aromatic N) is 4. The fourth-order valence-electron chi connectivity index (χ4n) is 2.56. The predicted molar refractivity (Wildman–Crippen MR) is 83.3 cm³/mol. The van der Waals surface area contributed by atoms with Gasteiger partial charge in [0, 0.05) is 11.9 Å². The summed E-state index contributed by atoms with van der Waals surface area (Å²) >= 11 is 6.99. The van der Waals surface area contributed by atoms with E-state index in [1.165, 1.54) is 30.9 Å². The van der Waals surface area contributed by atoms with Crippen molar-refractivity contribution in [3.8, 4) is 11.5 Å². The van der Waals surface area contributed by atoms with Crippen LogP contribution < -0.4 is 0 Å². The fourth-order valence-corrected chi connectivity index (χ4v) is 3.60. The Balaban J connectivity index is 1.80. The Hall–Kier alpha value is -1.05. The third-order valence-electron chi connectivity index (χ3n) is 3.54. The van der Waals surface area contributed by atoms with E-state index >= 15 is 0 Å². The Kier molecular flexibility index (Phi) is 4.28. The van der Waals surface area contributed by atoms with E-state index in [9.17, 15) is 0 Å². The minimum atomic E-state index is 0.677. The zero-order valence-corrected chi connectivity index (χ0v) is 13.3. The molecule has 20 heavy (non-hydrogen) atoms. The van der Waals surface area contributed by atoms with E-state index in [0.717, 1.165) is 31.0 Å². The van der Waals surface area contributed by atoms with Crippen molar-refractivity contribution in [2.24, 2.45) is 0 Å². The molecule has 0 spiro atoms. The van der Waals surface area contributed by atoms with E-state index in [1.54, 1.807) is 11.3 Å². The van der Waals surface area contributed by atoms with Gasteiger partial charge in [-0.05, 0) is 44.6 Å². The molecule has 0 amide bonds. The topological polar surface area (TPSA) is 49.7 Å². The quantitative estimate of drug-likeness (QED) is 0.862. The van der Waals surface area contributed by atoms with Crippen molar-refractivity contribution in [1.82, 2.24) is 24.6 Å². The molecule has 0 aliphatic carbocycles. The summed E-state index contributed by atoms with van der Waals surface area (Å²) in [5, 5.41) is 10.5. The van der Waals surface area contributed by atoms with Crippen molar-refractivity contribution in [2.45, 2.75) is 39.3 Å². The Bertz CT molecular complexity index is 621. The maximum atomic E-state index is 5.27. The first-order valence-corrected chi connectivity index (χ1v) is 8.39. The standard InChI is InChI=1S/C13H19N5S2/c1-2-5-18-12(15-16-13(18)19)10-9-20-11(14-10)8-17-6-3-4-7-17/h9H,2-8H2,1H3,(H,16,19). The van der Waals surface area contributed by atoms with Crippen LogP contribution in [-0.2, 0) is 13.1 Å². The molecule has 0 atom stereocenters. The Morgan fingerprint density at radius 1 is 1.40 bits per heavy atom. The number of thiazole rings is 1. The van der Waals surface area contributed by atoms with Crippen LogP contribution in [0.15, 0.2) is 5.38 Å². The molecule has 2 aromatic heterocycles. The molecule has 0 unspecified atom stereocenters. The predicted octanol–water partition coefficient (Wildman–Crippen LogP) is 3.07. The van der Waals surface area contributed by atoms with Gasteiger partial charge in [0.1, 0.15) is 10.7 Å². The average molecular weight is 309 g/mol. The second kappa shape index (κ2) is 6.15. The Morgan fingerprint density at radius 2 is 2.20 bits per heavy atom. The number of H-pyrrole nitrogens is 1. The van der Waals surface area contributed by atoms with E-state index < -0.39 is 0 Å². The first-order chi connectivity index (χ1) is 9.78. The number of hydrogen-bond donors (Lipinski definition) is 1. The number of nitrogens with one attached hydrogen (secondary N) is 1. The molecule has 7 heteroatoms. The van der Waals surface area contributed by atoms with Gasteiger partial charge in [-0.2, -0.15) is 5.10 Å². The number of likely N-dealkylation sites (tertiary alicyclic amines) is 1. The molecule has 3 rings (SSSR count). The van der Waals surface area contributed by atoms with Gasteiger partial charge in [0.05, 0.1) is 6.54 Å². The number of aromatic amines is 1. The number of aromatic nitrogens is 4. The van der Waals surface area contributed by atoms with Gasteiger partial charge in [-0.3, -0.25) is 14.6 Å². The molecule has 0 aromatic carbocycles. The van der Waals surface area contributed by atoms with Gasteiger partial charge >= 0.3 is 0 Å². The molecule has 1 saturated heterocycles. The minimum absolute atomic E-state index is 0.677. The van der Waals surface area contributed by atoms with Gasteiger partial charge in [-0.1, -0.05) is 6.92 Å². The maximum absolute atomic E-state index is 5.27. The molecular formula is C13H19N5S2. The maximum Gasteiger partial charge on any atom is 0.195 e. The van der Waals surface area contributed by atoms with Crippen LogP contribution in [0.1, 0.15) is 31.2 Å². The highest BCUT2D eigenvalue weighted by atomic mass is 32.1. The van der Waals surface area contributed by atoms with Crippen molar-refractivity contribution in [2.75, 3.05) is 13.1 Å². The van der Waals surface area contributed by atoms with Crippen LogP contribution in [0.25, 0.3) is 11.5 Å². The monoisotopic (exact) mass is 309 g/mol. The first-order valence-electron chi connectivity index (χ1n) is 7.10. The largest absolute Gasteiger partial charge is 0.299 e. The molecule has 0 bridgehead atoms. The smallest absolute Gasteiger partial charge is 0.195 e. The molecular weight excluding hydrogens is 290 g/mol. The van der Waals surface area contributed by atoms with Crippen molar-refractivity contribution < 1.29 is 0 Å². The van der Waals surface area contributed by atoms with Crippen LogP contribution in [0.5, 0.6) is 0 Å². The third-order valence-corrected chi connectivity index (χ3v) is 4.69. The highest BCUT2D eigenvalue weighted by molar-refractivity contribution is 7.71. The summed E-state index contributed by atoms with van der Waals surface area (Å²) in [5.41, 5.74) is 0.935. The molecule has 3 heterocycles. The molecule has 5 nitrogen and oxygen atoms in total. The summed E-state index contributed by atoms with van der Waals surface area (Å²) in [6.45, 7) is 6.37. The second-order valence-corrected chi connectivity index (χ2v) is 6.44. The molecule has 1 aliphatic heterocycles. The van der Waals surface area contributed by atoms with Crippen molar-refractivity contribution in [3.05, 3.63) is 15.2 Å². The lowest BCUT2D eigenvalue weighted by Crippen LogP contribution is -2.18. The summed E-state index contributed by atoms with van der Waals surface area (Å²) in [4.78, 5) is 7.19. The summed E-state index contributed by atoms with van der Waals surface area (Å²) in [7, 11) is 0. The van der Waals surface area contributed by atoms with Gasteiger partial charge in [0.15, 0.2) is 10.6 Å². The van der Waals surface area contributed by atoms with Crippen LogP contribution in [0.3, 0.4) is 0 Å².